The van der Waals surface area contributed by atoms with E-state index in [0.717, 1.165) is 11.8 Å². The van der Waals surface area contributed by atoms with Crippen molar-refractivity contribution in [1.29, 1.82) is 0 Å². The van der Waals surface area contributed by atoms with Crippen LogP contribution in [0.15, 0.2) is 30.3 Å². The first kappa shape index (κ1) is 13.4. The zero-order valence-corrected chi connectivity index (χ0v) is 9.46. The number of aliphatic hydroxyl groups excluding tert-OH is 2. The van der Waals surface area contributed by atoms with Gasteiger partial charge in [-0.05, 0) is 0 Å². The van der Waals surface area contributed by atoms with Gasteiger partial charge in [-0.2, -0.15) is 11.8 Å². The lowest BCUT2D eigenvalue weighted by atomic mass is 10.1. The average Bonchev–Trinajstić information content (AvgIpc) is 2.30. The largest absolute Gasteiger partial charge is 0.394 e. The molecular weight excluding hydrogens is 234 g/mol. The summed E-state index contributed by atoms with van der Waals surface area (Å²) in [5.74, 6) is -3.19. The lowest BCUT2D eigenvalue weighted by Crippen LogP contribution is -2.20. The summed E-state index contributed by atoms with van der Waals surface area (Å²) in [4.78, 5) is 0. The van der Waals surface area contributed by atoms with E-state index in [1.807, 2.05) is 0 Å². The third kappa shape index (κ3) is 4.08. The Bertz CT molecular complexity index is 306. The Morgan fingerprint density at radius 1 is 1.25 bits per heavy atom. The van der Waals surface area contributed by atoms with Gasteiger partial charge in [0.2, 0.25) is 0 Å². The fourth-order valence-corrected chi connectivity index (χ4v) is 2.06. The van der Waals surface area contributed by atoms with E-state index in [0.29, 0.717) is 0 Å². The predicted octanol–water partition coefficient (Wildman–Crippen LogP) is 1.86. The van der Waals surface area contributed by atoms with E-state index in [1.165, 1.54) is 12.1 Å². The summed E-state index contributed by atoms with van der Waals surface area (Å²) in [5, 5.41) is 17.5. The number of halogens is 2. The number of thioether (sulfide) groups is 1. The zero-order valence-electron chi connectivity index (χ0n) is 8.64. The van der Waals surface area contributed by atoms with Crippen LogP contribution in [0, 0.1) is 0 Å². The lowest BCUT2D eigenvalue weighted by Gasteiger charge is -2.16. The van der Waals surface area contributed by atoms with Crippen molar-refractivity contribution in [3.8, 4) is 0 Å². The summed E-state index contributed by atoms with van der Waals surface area (Å²) in [6, 6.07) is 7.57. The molecule has 0 saturated carbocycles. The van der Waals surface area contributed by atoms with Crippen LogP contribution in [0.4, 0.5) is 8.78 Å². The Morgan fingerprint density at radius 2 is 1.88 bits per heavy atom. The first-order chi connectivity index (χ1) is 7.56. The Morgan fingerprint density at radius 3 is 2.44 bits per heavy atom. The molecule has 1 atom stereocenters. The van der Waals surface area contributed by atoms with E-state index >= 15 is 0 Å². The Balaban J connectivity index is 2.46. The molecular formula is C11H14F2O2S. The molecule has 0 aliphatic rings. The van der Waals surface area contributed by atoms with Crippen molar-refractivity contribution in [3.05, 3.63) is 35.9 Å². The van der Waals surface area contributed by atoms with Gasteiger partial charge in [0.1, 0.15) is 0 Å². The minimum atomic E-state index is -2.90. The fraction of sp³-hybridized carbons (Fsp3) is 0.455. The molecule has 0 amide bonds. The monoisotopic (exact) mass is 248 g/mol. The minimum absolute atomic E-state index is 0.0269. The highest BCUT2D eigenvalue weighted by Crippen LogP contribution is 2.31. The molecule has 0 radical (unpaired) electrons. The van der Waals surface area contributed by atoms with Crippen LogP contribution in [0.3, 0.4) is 0 Å². The van der Waals surface area contributed by atoms with Crippen LogP contribution < -0.4 is 0 Å². The second-order valence-corrected chi connectivity index (χ2v) is 4.45. The van der Waals surface area contributed by atoms with E-state index in [-0.39, 0.29) is 11.3 Å². The van der Waals surface area contributed by atoms with Gasteiger partial charge in [-0.15, -0.1) is 0 Å². The Hall–Kier alpha value is -0.650. The van der Waals surface area contributed by atoms with Gasteiger partial charge in [-0.3, -0.25) is 0 Å². The summed E-state index contributed by atoms with van der Waals surface area (Å²) in [6.45, 7) is -0.399. The predicted molar refractivity (Wildman–Crippen MR) is 60.8 cm³/mol. The molecule has 0 spiro atoms. The Kier molecular flexibility index (Phi) is 5.18. The molecule has 0 aromatic heterocycles. The van der Waals surface area contributed by atoms with Crippen LogP contribution in [0.5, 0.6) is 0 Å². The molecule has 2 nitrogen and oxygen atoms in total. The van der Waals surface area contributed by atoms with Crippen LogP contribution in [-0.2, 0) is 5.92 Å². The molecule has 16 heavy (non-hydrogen) atoms. The molecule has 0 saturated heterocycles. The van der Waals surface area contributed by atoms with Crippen molar-refractivity contribution < 1.29 is 19.0 Å². The first-order valence-electron chi connectivity index (χ1n) is 4.86. The standard InChI is InChI=1S/C11H14F2O2S/c12-11(13,8-16-7-10(15)6-14)9-4-2-1-3-5-9/h1-5,10,14-15H,6-8H2. The molecule has 0 bridgehead atoms. The van der Waals surface area contributed by atoms with Crippen LogP contribution >= 0.6 is 11.8 Å². The summed E-state index contributed by atoms with van der Waals surface area (Å²) >= 11 is 0.928. The van der Waals surface area contributed by atoms with Gasteiger partial charge in [-0.1, -0.05) is 30.3 Å². The number of aliphatic hydroxyl groups is 2. The quantitative estimate of drug-likeness (QED) is 0.807. The highest BCUT2D eigenvalue weighted by atomic mass is 32.2. The molecule has 1 rings (SSSR count). The maximum absolute atomic E-state index is 13.5. The van der Waals surface area contributed by atoms with Gasteiger partial charge in [0, 0.05) is 11.3 Å². The van der Waals surface area contributed by atoms with Crippen molar-refractivity contribution in [2.75, 3.05) is 18.1 Å². The third-order valence-electron chi connectivity index (χ3n) is 2.00. The van der Waals surface area contributed by atoms with Crippen molar-refractivity contribution in [3.63, 3.8) is 0 Å². The van der Waals surface area contributed by atoms with Gasteiger partial charge >= 0.3 is 0 Å². The molecule has 0 fully saturated rings. The number of hydrogen-bond acceptors (Lipinski definition) is 3. The van der Waals surface area contributed by atoms with E-state index in [1.54, 1.807) is 18.2 Å². The van der Waals surface area contributed by atoms with Crippen LogP contribution in [-0.4, -0.2) is 34.4 Å². The minimum Gasteiger partial charge on any atom is -0.394 e. The van der Waals surface area contributed by atoms with E-state index in [4.69, 9.17) is 10.2 Å². The van der Waals surface area contributed by atoms with Crippen molar-refractivity contribution >= 4 is 11.8 Å². The Labute approximate surface area is 97.3 Å². The third-order valence-corrected chi connectivity index (χ3v) is 3.19. The zero-order chi connectivity index (χ0) is 12.0. The van der Waals surface area contributed by atoms with Crippen LogP contribution in [0.2, 0.25) is 0 Å². The highest BCUT2D eigenvalue weighted by Gasteiger charge is 2.31. The number of hydrogen-bond donors (Lipinski definition) is 2. The van der Waals surface area contributed by atoms with Gasteiger partial charge in [0.25, 0.3) is 5.92 Å². The first-order valence-corrected chi connectivity index (χ1v) is 6.02. The van der Waals surface area contributed by atoms with Crippen molar-refractivity contribution in [2.45, 2.75) is 12.0 Å². The summed E-state index contributed by atoms with van der Waals surface area (Å²) in [5.41, 5.74) is -0.0269. The smallest absolute Gasteiger partial charge is 0.282 e. The SMILES string of the molecule is OCC(O)CSCC(F)(F)c1ccccc1. The van der Waals surface area contributed by atoms with E-state index in [2.05, 4.69) is 0 Å². The molecule has 0 aliphatic carbocycles. The maximum Gasteiger partial charge on any atom is 0.282 e. The highest BCUT2D eigenvalue weighted by molar-refractivity contribution is 7.99. The molecule has 1 aromatic rings. The van der Waals surface area contributed by atoms with E-state index in [9.17, 15) is 8.78 Å². The van der Waals surface area contributed by atoms with Gasteiger partial charge in [-0.25, -0.2) is 8.78 Å². The summed E-state index contributed by atoms with van der Waals surface area (Å²) < 4.78 is 27.1. The topological polar surface area (TPSA) is 40.5 Å². The summed E-state index contributed by atoms with van der Waals surface area (Å²) in [7, 11) is 0. The van der Waals surface area contributed by atoms with Crippen molar-refractivity contribution in [2.24, 2.45) is 0 Å². The molecule has 2 N–H and O–H groups in total. The van der Waals surface area contributed by atoms with E-state index < -0.39 is 24.4 Å². The normalized spacial score (nSPS) is 13.8. The second-order valence-electron chi connectivity index (χ2n) is 3.42. The number of rotatable bonds is 6. The molecule has 1 unspecified atom stereocenters. The molecule has 0 aliphatic heterocycles. The maximum atomic E-state index is 13.5. The summed E-state index contributed by atoms with van der Waals surface area (Å²) in [6.07, 6.45) is -0.934. The van der Waals surface area contributed by atoms with Gasteiger partial charge in [0.05, 0.1) is 18.5 Å². The van der Waals surface area contributed by atoms with Crippen LogP contribution in [0.25, 0.3) is 0 Å². The number of benzene rings is 1. The molecule has 1 aromatic carbocycles. The molecule has 5 heteroatoms. The molecule has 90 valence electrons. The fourth-order valence-electron chi connectivity index (χ4n) is 1.14. The lowest BCUT2D eigenvalue weighted by molar-refractivity contribution is 0.0229. The van der Waals surface area contributed by atoms with Gasteiger partial charge < -0.3 is 10.2 Å². The van der Waals surface area contributed by atoms with Crippen LogP contribution in [0.1, 0.15) is 5.56 Å². The molecule has 0 heterocycles. The van der Waals surface area contributed by atoms with Gasteiger partial charge in [0.15, 0.2) is 0 Å². The average molecular weight is 248 g/mol. The number of alkyl halides is 2. The van der Waals surface area contributed by atoms with Crippen molar-refractivity contribution in [1.82, 2.24) is 0 Å². The second kappa shape index (κ2) is 6.18.